The number of hydrogen-bond acceptors (Lipinski definition) is 5. The predicted molar refractivity (Wildman–Crippen MR) is 106 cm³/mol. The third-order valence-corrected chi connectivity index (χ3v) is 4.90. The molecular formula is C19H17ClFN5O3. The second-order valence-electron chi connectivity index (χ2n) is 6.27. The maximum absolute atomic E-state index is 13.1. The van der Waals surface area contributed by atoms with Gasteiger partial charge in [-0.25, -0.2) is 4.39 Å². The highest BCUT2D eigenvalue weighted by atomic mass is 35.5. The van der Waals surface area contributed by atoms with Crippen molar-refractivity contribution in [1.29, 1.82) is 0 Å². The van der Waals surface area contributed by atoms with Crippen LogP contribution in [0.4, 0.5) is 10.1 Å². The topological polar surface area (TPSA) is 126 Å². The number of primary amides is 1. The quantitative estimate of drug-likeness (QED) is 0.582. The Balaban J connectivity index is 1.86. The summed E-state index contributed by atoms with van der Waals surface area (Å²) in [6.07, 6.45) is 1.26. The second kappa shape index (κ2) is 7.88. The van der Waals surface area contributed by atoms with Crippen LogP contribution in [0.15, 0.2) is 47.5 Å². The van der Waals surface area contributed by atoms with Crippen LogP contribution >= 0.6 is 11.6 Å². The second-order valence-corrected chi connectivity index (χ2v) is 6.67. The molecule has 0 saturated carbocycles. The fourth-order valence-corrected chi connectivity index (χ4v) is 3.34. The summed E-state index contributed by atoms with van der Waals surface area (Å²) in [5.41, 5.74) is 4.94. The fraction of sp³-hybridized carbons (Fsp3) is 0.158. The molecule has 0 bridgehead atoms. The van der Waals surface area contributed by atoms with Crippen molar-refractivity contribution >= 4 is 41.3 Å². The molecule has 2 aromatic rings. The summed E-state index contributed by atoms with van der Waals surface area (Å²) in [4.78, 5) is 40.8. The van der Waals surface area contributed by atoms with Gasteiger partial charge in [0.15, 0.2) is 11.6 Å². The van der Waals surface area contributed by atoms with Crippen molar-refractivity contribution in [1.82, 2.24) is 10.6 Å². The summed E-state index contributed by atoms with van der Waals surface area (Å²) in [5, 5.41) is 7.85. The lowest BCUT2D eigenvalue weighted by Gasteiger charge is -2.31. The normalized spacial score (nSPS) is 20.0. The molecule has 0 aliphatic carbocycles. The van der Waals surface area contributed by atoms with Crippen molar-refractivity contribution in [2.45, 2.75) is 11.6 Å². The van der Waals surface area contributed by atoms with Gasteiger partial charge < -0.3 is 21.7 Å². The van der Waals surface area contributed by atoms with Gasteiger partial charge in [-0.1, -0.05) is 23.7 Å². The number of likely N-dealkylation sites (N-methyl/N-ethyl adjacent to an activating group) is 1. The van der Waals surface area contributed by atoms with Crippen molar-refractivity contribution in [3.05, 3.63) is 64.4 Å². The number of aliphatic imine (C=N–C) groups is 1. The average Bonchev–Trinajstić information content (AvgIpc) is 3.14. The van der Waals surface area contributed by atoms with E-state index in [2.05, 4.69) is 20.9 Å². The van der Waals surface area contributed by atoms with Crippen molar-refractivity contribution < 1.29 is 18.8 Å². The number of carbonyl (C=O) groups excluding carboxylic acids is 3. The first-order chi connectivity index (χ1) is 13.8. The summed E-state index contributed by atoms with van der Waals surface area (Å²) >= 11 is 5.90. The first-order valence-corrected chi connectivity index (χ1v) is 8.85. The number of nitrogens with one attached hydrogen (secondary N) is 3. The fourth-order valence-electron chi connectivity index (χ4n) is 3.08. The lowest BCUT2D eigenvalue weighted by molar-refractivity contribution is -0.131. The SMILES string of the molecule is CNC(=O)C1N=CNC1(C(N)=O)c1ccc(NC(=O)c2ccc(F)cc2Cl)cc1. The van der Waals surface area contributed by atoms with E-state index in [0.29, 0.717) is 11.3 Å². The van der Waals surface area contributed by atoms with E-state index < -0.39 is 35.1 Å². The zero-order valence-electron chi connectivity index (χ0n) is 15.2. The van der Waals surface area contributed by atoms with Gasteiger partial charge in [-0.3, -0.25) is 19.4 Å². The van der Waals surface area contributed by atoms with Crippen LogP contribution in [0.5, 0.6) is 0 Å². The molecule has 2 unspecified atom stereocenters. The molecule has 1 aliphatic rings. The van der Waals surface area contributed by atoms with Crippen LogP contribution in [-0.2, 0) is 15.1 Å². The van der Waals surface area contributed by atoms with Gasteiger partial charge in [0.2, 0.25) is 5.91 Å². The molecule has 0 aromatic heterocycles. The predicted octanol–water partition coefficient (Wildman–Crippen LogP) is 1.16. The summed E-state index contributed by atoms with van der Waals surface area (Å²) in [6, 6.07) is 8.54. The molecule has 5 N–H and O–H groups in total. The summed E-state index contributed by atoms with van der Waals surface area (Å²) < 4.78 is 13.1. The third kappa shape index (κ3) is 3.64. The van der Waals surface area contributed by atoms with Gasteiger partial charge in [0, 0.05) is 12.7 Å². The summed E-state index contributed by atoms with van der Waals surface area (Å²) in [6.45, 7) is 0. The molecule has 0 radical (unpaired) electrons. The number of carbonyl (C=O) groups is 3. The van der Waals surface area contributed by atoms with Crippen LogP contribution in [0.2, 0.25) is 5.02 Å². The van der Waals surface area contributed by atoms with Crippen LogP contribution in [-0.4, -0.2) is 37.1 Å². The minimum absolute atomic E-state index is 0.0208. The Kier molecular flexibility index (Phi) is 5.51. The molecule has 29 heavy (non-hydrogen) atoms. The van der Waals surface area contributed by atoms with Crippen LogP contribution in [0.3, 0.4) is 0 Å². The zero-order chi connectivity index (χ0) is 21.2. The highest BCUT2D eigenvalue weighted by Gasteiger charge is 2.51. The Morgan fingerprint density at radius 2 is 1.90 bits per heavy atom. The van der Waals surface area contributed by atoms with Gasteiger partial charge in [0.05, 0.1) is 16.9 Å². The molecular weight excluding hydrogens is 401 g/mol. The Hall–Kier alpha value is -3.46. The molecule has 0 saturated heterocycles. The van der Waals surface area contributed by atoms with Gasteiger partial charge in [0.1, 0.15) is 5.82 Å². The minimum atomic E-state index is -1.55. The Morgan fingerprint density at radius 1 is 1.21 bits per heavy atom. The van der Waals surface area contributed by atoms with Crippen molar-refractivity contribution in [3.63, 3.8) is 0 Å². The van der Waals surface area contributed by atoms with Gasteiger partial charge in [-0.05, 0) is 35.9 Å². The van der Waals surface area contributed by atoms with Gasteiger partial charge >= 0.3 is 0 Å². The monoisotopic (exact) mass is 417 g/mol. The number of benzene rings is 2. The van der Waals surface area contributed by atoms with Crippen molar-refractivity contribution in [2.24, 2.45) is 10.7 Å². The number of anilines is 1. The summed E-state index contributed by atoms with van der Waals surface area (Å²) in [5.74, 6) is -2.34. The molecule has 10 heteroatoms. The molecule has 8 nitrogen and oxygen atoms in total. The van der Waals surface area contributed by atoms with E-state index in [1.807, 2.05) is 0 Å². The Labute approximate surface area is 170 Å². The molecule has 0 spiro atoms. The zero-order valence-corrected chi connectivity index (χ0v) is 16.0. The van der Waals surface area contributed by atoms with Crippen LogP contribution < -0.4 is 21.7 Å². The summed E-state index contributed by atoms with van der Waals surface area (Å²) in [7, 11) is 1.43. The minimum Gasteiger partial charge on any atom is -0.367 e. The van der Waals surface area contributed by atoms with E-state index in [1.165, 1.54) is 31.6 Å². The molecule has 1 heterocycles. The van der Waals surface area contributed by atoms with Gasteiger partial charge in [-0.15, -0.1) is 0 Å². The van der Waals surface area contributed by atoms with Crippen LogP contribution in [0.25, 0.3) is 0 Å². The van der Waals surface area contributed by atoms with Gasteiger partial charge in [0.25, 0.3) is 11.8 Å². The van der Waals surface area contributed by atoms with Crippen LogP contribution in [0, 0.1) is 5.82 Å². The highest BCUT2D eigenvalue weighted by molar-refractivity contribution is 6.34. The lowest BCUT2D eigenvalue weighted by Crippen LogP contribution is -2.59. The maximum atomic E-state index is 13.1. The van der Waals surface area contributed by atoms with E-state index in [-0.39, 0.29) is 10.6 Å². The molecule has 3 rings (SSSR count). The van der Waals surface area contributed by atoms with Crippen molar-refractivity contribution in [3.8, 4) is 0 Å². The highest BCUT2D eigenvalue weighted by Crippen LogP contribution is 2.31. The number of nitrogens with zero attached hydrogens (tertiary/aromatic N) is 1. The number of hydrogen-bond donors (Lipinski definition) is 4. The molecule has 2 aromatic carbocycles. The number of rotatable bonds is 5. The molecule has 1 aliphatic heterocycles. The van der Waals surface area contributed by atoms with Gasteiger partial charge in [-0.2, -0.15) is 0 Å². The standard InChI is InChI=1S/C19H17ClFN5O3/c1-23-17(28)15-19(18(22)29,25-9-24-15)10-2-5-12(6-3-10)26-16(27)13-7-4-11(21)8-14(13)20/h2-9,15H,1H3,(H2,22,29)(H,23,28)(H,24,25)(H,26,27). The van der Waals surface area contributed by atoms with E-state index in [4.69, 9.17) is 17.3 Å². The lowest BCUT2D eigenvalue weighted by atomic mass is 9.82. The van der Waals surface area contributed by atoms with Crippen LogP contribution in [0.1, 0.15) is 15.9 Å². The maximum Gasteiger partial charge on any atom is 0.257 e. The van der Waals surface area contributed by atoms with Crippen molar-refractivity contribution in [2.75, 3.05) is 12.4 Å². The molecule has 0 fully saturated rings. The molecule has 2 atom stereocenters. The Bertz CT molecular complexity index is 1010. The van der Waals surface area contributed by atoms with E-state index >= 15 is 0 Å². The van der Waals surface area contributed by atoms with E-state index in [0.717, 1.165) is 12.1 Å². The average molecular weight is 418 g/mol. The third-order valence-electron chi connectivity index (χ3n) is 4.58. The number of nitrogens with two attached hydrogens (primary N) is 1. The smallest absolute Gasteiger partial charge is 0.257 e. The first-order valence-electron chi connectivity index (χ1n) is 8.47. The van der Waals surface area contributed by atoms with E-state index in [1.54, 1.807) is 12.1 Å². The molecule has 3 amide bonds. The largest absolute Gasteiger partial charge is 0.367 e. The Morgan fingerprint density at radius 3 is 2.48 bits per heavy atom. The number of amides is 3. The first kappa shape index (κ1) is 20.3. The van der Waals surface area contributed by atoms with E-state index in [9.17, 15) is 18.8 Å². The number of halogens is 2. The molecule has 150 valence electrons.